The van der Waals surface area contributed by atoms with Crippen LogP contribution in [0.5, 0.6) is 5.75 Å². The number of ether oxygens (including phenoxy) is 1. The van der Waals surface area contributed by atoms with E-state index in [1.165, 1.54) is 37.7 Å². The van der Waals surface area contributed by atoms with Gasteiger partial charge in [0, 0.05) is 11.0 Å². The van der Waals surface area contributed by atoms with Crippen molar-refractivity contribution in [1.82, 2.24) is 0 Å². The Hall–Kier alpha value is -1.31. The third-order valence-corrected chi connectivity index (χ3v) is 5.50. The molecule has 108 valence electrons. The molecule has 0 radical (unpaired) electrons. The van der Waals surface area contributed by atoms with Crippen LogP contribution in [0.1, 0.15) is 61.4 Å². The van der Waals surface area contributed by atoms with Gasteiger partial charge in [-0.15, -0.1) is 0 Å². The van der Waals surface area contributed by atoms with Crippen LogP contribution >= 0.6 is 0 Å². The summed E-state index contributed by atoms with van der Waals surface area (Å²) in [5, 5.41) is 0. The molecule has 1 unspecified atom stereocenters. The van der Waals surface area contributed by atoms with Crippen molar-refractivity contribution in [3.05, 3.63) is 29.3 Å². The van der Waals surface area contributed by atoms with Gasteiger partial charge in [-0.2, -0.15) is 0 Å². The zero-order valence-electron chi connectivity index (χ0n) is 12.6. The molecule has 1 atom stereocenters. The molecule has 2 aliphatic rings. The molecule has 0 saturated heterocycles. The number of methoxy groups -OCH3 is 1. The molecule has 20 heavy (non-hydrogen) atoms. The third-order valence-electron chi connectivity index (χ3n) is 5.50. The van der Waals surface area contributed by atoms with E-state index in [0.717, 1.165) is 24.2 Å². The topological polar surface area (TPSA) is 26.3 Å². The second-order valence-electron chi connectivity index (χ2n) is 6.60. The molecule has 0 aliphatic heterocycles. The minimum absolute atomic E-state index is 0.137. The zero-order valence-corrected chi connectivity index (χ0v) is 12.6. The van der Waals surface area contributed by atoms with Gasteiger partial charge in [0.15, 0.2) is 5.78 Å². The molecule has 0 bridgehead atoms. The fourth-order valence-corrected chi connectivity index (χ4v) is 4.07. The Kier molecular flexibility index (Phi) is 3.57. The molecular formula is C18H24O2. The number of carbonyl (C=O) groups is 1. The summed E-state index contributed by atoms with van der Waals surface area (Å²) in [5.74, 6) is 1.81. The Morgan fingerprint density at radius 1 is 1.20 bits per heavy atom. The molecule has 0 spiro atoms. The van der Waals surface area contributed by atoms with E-state index < -0.39 is 0 Å². The van der Waals surface area contributed by atoms with Crippen LogP contribution in [-0.4, -0.2) is 12.9 Å². The van der Waals surface area contributed by atoms with Gasteiger partial charge in [0.05, 0.1) is 7.11 Å². The van der Waals surface area contributed by atoms with E-state index in [4.69, 9.17) is 4.74 Å². The van der Waals surface area contributed by atoms with Gasteiger partial charge >= 0.3 is 0 Å². The molecule has 0 aromatic heterocycles. The predicted molar refractivity (Wildman–Crippen MR) is 80.3 cm³/mol. The van der Waals surface area contributed by atoms with Crippen molar-refractivity contribution in [3.63, 3.8) is 0 Å². The molecule has 0 N–H and O–H groups in total. The molecular weight excluding hydrogens is 248 g/mol. The van der Waals surface area contributed by atoms with Crippen LogP contribution in [0.3, 0.4) is 0 Å². The van der Waals surface area contributed by atoms with E-state index in [0.29, 0.717) is 11.7 Å². The summed E-state index contributed by atoms with van der Waals surface area (Å²) in [6, 6.07) is 5.92. The normalized spacial score (nSPS) is 27.2. The van der Waals surface area contributed by atoms with E-state index in [-0.39, 0.29) is 5.41 Å². The summed E-state index contributed by atoms with van der Waals surface area (Å²) < 4.78 is 5.27. The van der Waals surface area contributed by atoms with Crippen molar-refractivity contribution in [3.8, 4) is 5.75 Å². The lowest BCUT2D eigenvalue weighted by molar-refractivity contribution is 0.0593. The maximum Gasteiger partial charge on any atom is 0.169 e. The molecule has 1 fully saturated rings. The molecule has 1 aromatic carbocycles. The Labute approximate surface area is 121 Å². The molecule has 2 nitrogen and oxygen atoms in total. The van der Waals surface area contributed by atoms with Gasteiger partial charge in [0.2, 0.25) is 0 Å². The standard InChI is InChI=1S/C18H24O2/c1-18(14-6-4-3-5-7-14)11-10-13-12-15(20-2)8-9-16(13)17(18)19/h8-9,12,14H,3-7,10-11H2,1-2H3. The maximum atomic E-state index is 13.0. The number of hydrogen-bond acceptors (Lipinski definition) is 2. The first kappa shape index (κ1) is 13.7. The molecule has 0 heterocycles. The lowest BCUT2D eigenvalue weighted by atomic mass is 9.61. The Morgan fingerprint density at radius 3 is 2.65 bits per heavy atom. The van der Waals surface area contributed by atoms with Crippen molar-refractivity contribution in [1.29, 1.82) is 0 Å². The molecule has 1 aromatic rings. The number of carbonyl (C=O) groups excluding carboxylic acids is 1. The van der Waals surface area contributed by atoms with Crippen LogP contribution in [0, 0.1) is 11.3 Å². The molecule has 2 aliphatic carbocycles. The van der Waals surface area contributed by atoms with Crippen LogP contribution in [-0.2, 0) is 6.42 Å². The van der Waals surface area contributed by atoms with Gasteiger partial charge in [0.1, 0.15) is 5.75 Å². The monoisotopic (exact) mass is 272 g/mol. The lowest BCUT2D eigenvalue weighted by Gasteiger charge is -2.41. The summed E-state index contributed by atoms with van der Waals surface area (Å²) >= 11 is 0. The number of fused-ring (bicyclic) bond motifs is 1. The Balaban J connectivity index is 1.91. The highest BCUT2D eigenvalue weighted by atomic mass is 16.5. The number of Topliss-reactive ketones (excluding diaryl/α,β-unsaturated/α-hetero) is 1. The highest BCUT2D eigenvalue weighted by Crippen LogP contribution is 2.47. The van der Waals surface area contributed by atoms with Gasteiger partial charge in [-0.05, 0) is 55.4 Å². The van der Waals surface area contributed by atoms with Crippen molar-refractivity contribution < 1.29 is 9.53 Å². The van der Waals surface area contributed by atoms with Crippen molar-refractivity contribution >= 4 is 5.78 Å². The number of aryl methyl sites for hydroxylation is 1. The zero-order chi connectivity index (χ0) is 14.2. The molecule has 0 amide bonds. The SMILES string of the molecule is COc1ccc2c(c1)CCC(C)(C1CCCCC1)C2=O. The van der Waals surface area contributed by atoms with Crippen molar-refractivity contribution in [2.75, 3.05) is 7.11 Å². The smallest absolute Gasteiger partial charge is 0.169 e. The summed E-state index contributed by atoms with van der Waals surface area (Å²) in [5.41, 5.74) is 1.97. The summed E-state index contributed by atoms with van der Waals surface area (Å²) in [6.45, 7) is 2.21. The van der Waals surface area contributed by atoms with Gasteiger partial charge in [0.25, 0.3) is 0 Å². The fraction of sp³-hybridized carbons (Fsp3) is 0.611. The predicted octanol–water partition coefficient (Wildman–Crippen LogP) is 4.41. The number of ketones is 1. The summed E-state index contributed by atoms with van der Waals surface area (Å²) in [4.78, 5) is 13.0. The minimum Gasteiger partial charge on any atom is -0.497 e. The van der Waals surface area contributed by atoms with E-state index in [1.54, 1.807) is 7.11 Å². The van der Waals surface area contributed by atoms with Crippen molar-refractivity contribution in [2.45, 2.75) is 51.9 Å². The van der Waals surface area contributed by atoms with Crippen LogP contribution in [0.15, 0.2) is 18.2 Å². The number of rotatable bonds is 2. The van der Waals surface area contributed by atoms with Gasteiger partial charge in [-0.1, -0.05) is 26.2 Å². The highest BCUT2D eigenvalue weighted by molar-refractivity contribution is 6.02. The van der Waals surface area contributed by atoms with Gasteiger partial charge < -0.3 is 4.74 Å². The second-order valence-corrected chi connectivity index (χ2v) is 6.60. The number of benzene rings is 1. The van der Waals surface area contributed by atoms with Crippen LogP contribution in [0.4, 0.5) is 0 Å². The average Bonchev–Trinajstić information content (AvgIpc) is 2.51. The van der Waals surface area contributed by atoms with Crippen LogP contribution < -0.4 is 4.74 Å². The third kappa shape index (κ3) is 2.15. The van der Waals surface area contributed by atoms with Gasteiger partial charge in [-0.3, -0.25) is 4.79 Å². The first-order valence-electron chi connectivity index (χ1n) is 7.87. The summed E-state index contributed by atoms with van der Waals surface area (Å²) in [7, 11) is 1.68. The lowest BCUT2D eigenvalue weighted by Crippen LogP contribution is -2.40. The first-order chi connectivity index (χ1) is 9.65. The van der Waals surface area contributed by atoms with E-state index >= 15 is 0 Å². The quantitative estimate of drug-likeness (QED) is 0.797. The molecule has 2 heteroatoms. The second kappa shape index (κ2) is 5.23. The van der Waals surface area contributed by atoms with E-state index in [9.17, 15) is 4.79 Å². The van der Waals surface area contributed by atoms with E-state index in [2.05, 4.69) is 6.92 Å². The maximum absolute atomic E-state index is 13.0. The Bertz CT molecular complexity index is 514. The van der Waals surface area contributed by atoms with E-state index in [1.807, 2.05) is 18.2 Å². The van der Waals surface area contributed by atoms with Crippen molar-refractivity contribution in [2.24, 2.45) is 11.3 Å². The van der Waals surface area contributed by atoms with Crippen LogP contribution in [0.2, 0.25) is 0 Å². The highest BCUT2D eigenvalue weighted by Gasteiger charge is 2.44. The number of hydrogen-bond donors (Lipinski definition) is 0. The molecule has 1 saturated carbocycles. The van der Waals surface area contributed by atoms with Gasteiger partial charge in [-0.25, -0.2) is 0 Å². The fourth-order valence-electron chi connectivity index (χ4n) is 4.07. The first-order valence-corrected chi connectivity index (χ1v) is 7.87. The Morgan fingerprint density at radius 2 is 1.95 bits per heavy atom. The summed E-state index contributed by atoms with van der Waals surface area (Å²) in [6.07, 6.45) is 8.39. The van der Waals surface area contributed by atoms with Crippen LogP contribution in [0.25, 0.3) is 0 Å². The largest absolute Gasteiger partial charge is 0.497 e. The average molecular weight is 272 g/mol. The minimum atomic E-state index is -0.137. The molecule has 3 rings (SSSR count).